The Morgan fingerprint density at radius 3 is 2.06 bits per heavy atom. The molecule has 4 rings (SSSR count). The molecule has 0 aromatic heterocycles. The van der Waals surface area contributed by atoms with E-state index in [1.165, 1.54) is 19.3 Å². The van der Waals surface area contributed by atoms with E-state index in [9.17, 15) is 38.4 Å². The van der Waals surface area contributed by atoms with Crippen molar-refractivity contribution in [3.63, 3.8) is 0 Å². The molecule has 18 heteroatoms. The number of nitrogens with zero attached hydrogens (tertiary/aromatic N) is 1. The first-order valence-corrected chi connectivity index (χ1v) is 25.8. The lowest BCUT2D eigenvalue weighted by atomic mass is 9.78. The highest BCUT2D eigenvalue weighted by Gasteiger charge is 2.33. The van der Waals surface area contributed by atoms with Crippen LogP contribution in [0.25, 0.3) is 0 Å². The van der Waals surface area contributed by atoms with Gasteiger partial charge >= 0.3 is 5.97 Å². The third-order valence-corrected chi connectivity index (χ3v) is 11.8. The molecule has 1 aliphatic carbocycles. The number of para-hydroxylation sites is 1. The van der Waals surface area contributed by atoms with E-state index in [0.29, 0.717) is 55.9 Å². The van der Waals surface area contributed by atoms with Crippen molar-refractivity contribution >= 4 is 53.5 Å². The van der Waals surface area contributed by atoms with E-state index < -0.39 is 23.4 Å². The Morgan fingerprint density at radius 2 is 1.54 bits per heavy atom. The first-order chi connectivity index (χ1) is 33.9. The molecule has 3 fully saturated rings. The summed E-state index contributed by atoms with van der Waals surface area (Å²) in [6, 6.07) is 9.74. The molecular formula is C53H90N6O12. The summed E-state index contributed by atoms with van der Waals surface area (Å²) in [5.74, 6) is -1.03. The highest BCUT2D eigenvalue weighted by atomic mass is 16.7. The van der Waals surface area contributed by atoms with E-state index in [4.69, 9.17) is 14.6 Å². The summed E-state index contributed by atoms with van der Waals surface area (Å²) >= 11 is 0. The molecule has 1 saturated carbocycles. The molecule has 7 amide bonds. The van der Waals surface area contributed by atoms with Gasteiger partial charge in [0.1, 0.15) is 12.6 Å². The Kier molecular flexibility index (Phi) is 36.5. The van der Waals surface area contributed by atoms with Gasteiger partial charge in [0.15, 0.2) is 0 Å². The van der Waals surface area contributed by atoms with Crippen molar-refractivity contribution in [3.8, 4) is 0 Å². The van der Waals surface area contributed by atoms with Crippen molar-refractivity contribution in [2.75, 3.05) is 45.3 Å². The Morgan fingerprint density at radius 1 is 0.887 bits per heavy atom. The lowest BCUT2D eigenvalue weighted by molar-refractivity contribution is -0.200. The van der Waals surface area contributed by atoms with E-state index in [1.807, 2.05) is 72.0 Å². The first-order valence-electron chi connectivity index (χ1n) is 25.8. The highest BCUT2D eigenvalue weighted by molar-refractivity contribution is 6.01. The topological polar surface area (TPSA) is 248 Å². The van der Waals surface area contributed by atoms with E-state index >= 15 is 0 Å². The number of aliphatic hydroxyl groups is 1. The van der Waals surface area contributed by atoms with Gasteiger partial charge in [-0.2, -0.15) is 0 Å². The van der Waals surface area contributed by atoms with Crippen LogP contribution in [0.5, 0.6) is 0 Å². The number of hydrogen-bond donors (Lipinski definition) is 6. The second kappa shape index (κ2) is 39.4. The molecular weight excluding hydrogens is 913 g/mol. The van der Waals surface area contributed by atoms with E-state index in [2.05, 4.69) is 44.9 Å². The van der Waals surface area contributed by atoms with Gasteiger partial charge in [0.05, 0.1) is 18.8 Å². The Bertz CT molecular complexity index is 1690. The number of aliphatic hydroxyl groups excluding tert-OH is 1. The number of carbonyl (C=O) groups is 8. The molecule has 1 aromatic carbocycles. The van der Waals surface area contributed by atoms with Crippen LogP contribution >= 0.6 is 0 Å². The van der Waals surface area contributed by atoms with Crippen LogP contribution in [-0.2, 0) is 52.7 Å². The van der Waals surface area contributed by atoms with Crippen molar-refractivity contribution in [3.05, 3.63) is 43.0 Å². The van der Waals surface area contributed by atoms with Crippen LogP contribution in [0.1, 0.15) is 158 Å². The molecule has 2 aliphatic heterocycles. The molecule has 71 heavy (non-hydrogen) atoms. The number of carbonyl (C=O) groups excluding carboxylic acids is 8. The first kappa shape index (κ1) is 65.8. The Balaban J connectivity index is 0.000000962. The summed E-state index contributed by atoms with van der Waals surface area (Å²) < 4.78 is 10.6. The number of imide groups is 2. The summed E-state index contributed by atoms with van der Waals surface area (Å²) in [6.45, 7) is 20.4. The molecule has 404 valence electrons. The van der Waals surface area contributed by atoms with Gasteiger partial charge in [-0.25, -0.2) is 4.79 Å². The van der Waals surface area contributed by atoms with Gasteiger partial charge in [-0.1, -0.05) is 91.5 Å². The van der Waals surface area contributed by atoms with Crippen LogP contribution < -0.4 is 26.6 Å². The fraction of sp³-hybridized carbons (Fsp3) is 0.698. The lowest BCUT2D eigenvalue weighted by Crippen LogP contribution is -2.45. The average molecular weight is 1000 g/mol. The number of ether oxygens (including phenoxy) is 2. The number of hydroxylamine groups is 2. The quantitative estimate of drug-likeness (QED) is 0.0245. The van der Waals surface area contributed by atoms with Crippen LogP contribution in [0.3, 0.4) is 0 Å². The molecule has 0 radical (unpaired) electrons. The maximum atomic E-state index is 12.2. The summed E-state index contributed by atoms with van der Waals surface area (Å²) in [5.41, 5.74) is 0.579. The maximum absolute atomic E-state index is 12.2. The third-order valence-electron chi connectivity index (χ3n) is 11.8. The van der Waals surface area contributed by atoms with Gasteiger partial charge in [-0.15, -0.1) is 11.6 Å². The second-order valence-corrected chi connectivity index (χ2v) is 18.6. The number of rotatable bonds is 26. The third kappa shape index (κ3) is 31.0. The minimum Gasteiger partial charge on any atom is -0.393 e. The Hall–Kier alpha value is -5.20. The van der Waals surface area contributed by atoms with E-state index in [-0.39, 0.29) is 73.6 Å². The molecule has 2 heterocycles. The second-order valence-electron chi connectivity index (χ2n) is 18.6. The smallest absolute Gasteiger partial charge is 0.358 e. The zero-order chi connectivity index (χ0) is 53.6. The minimum absolute atomic E-state index is 0.0202. The zero-order valence-electron chi connectivity index (χ0n) is 44.4. The van der Waals surface area contributed by atoms with Crippen LogP contribution in [0.15, 0.2) is 43.0 Å². The number of anilines is 1. The number of hydrogen-bond acceptors (Lipinski definition) is 13. The SMILES string of the molecule is C=CC(CCCCCC)NC(=O)C1CCC(=O)N1.CC.CC(C)CCOCC(=O)ON1C(=O)CCC1=O.CC(CCC1CCC(C(=O)NCCOC(C)(C)CO)CC1)C(=O)NC=O.CNc1ccccc1. The van der Waals surface area contributed by atoms with Crippen molar-refractivity contribution in [1.82, 2.24) is 26.3 Å². The molecule has 18 nitrogen and oxygen atoms in total. The van der Waals surface area contributed by atoms with Gasteiger partial charge in [0.25, 0.3) is 11.8 Å². The van der Waals surface area contributed by atoms with Crippen molar-refractivity contribution in [2.24, 2.45) is 23.7 Å². The minimum atomic E-state index is -0.725. The van der Waals surface area contributed by atoms with Gasteiger partial charge in [0.2, 0.25) is 30.0 Å². The molecule has 2 saturated heterocycles. The van der Waals surface area contributed by atoms with Gasteiger partial charge in [0, 0.05) is 63.0 Å². The molecule has 0 bridgehead atoms. The predicted molar refractivity (Wildman–Crippen MR) is 275 cm³/mol. The molecule has 0 spiro atoms. The van der Waals surface area contributed by atoms with Crippen LogP contribution in [-0.4, -0.2) is 116 Å². The Labute approximate surface area is 424 Å². The largest absolute Gasteiger partial charge is 0.393 e. The molecule has 3 atom stereocenters. The van der Waals surface area contributed by atoms with Crippen LogP contribution in [0.4, 0.5) is 5.69 Å². The van der Waals surface area contributed by atoms with Crippen LogP contribution in [0, 0.1) is 23.7 Å². The molecule has 3 unspecified atom stereocenters. The molecule has 6 N–H and O–H groups in total. The standard InChI is InChI=1S/C19H34N2O5.C14H24N2O2.C11H17NO5.C7H9N.C2H6/c1-14(17(24)21-13-23)4-5-15-6-8-16(9-7-15)18(25)20-10-11-26-19(2,3)12-22;1-3-5-6-7-8-11(4-2)15-14(18)12-9-10-13(17)16-12;1-8(2)5-6-16-7-11(15)17-12-9(13)3-4-10(12)14;1-8-7-5-3-2-4-6-7;1-2/h13-16,22H,4-12H2,1-3H3,(H,20,25)(H,21,23,24);4,11-12H,2-3,5-10H2,1H3,(H,15,18)(H,16,17);8H,3-7H2,1-2H3;2-6,8H,1H3;1-2H3. The van der Waals surface area contributed by atoms with Crippen molar-refractivity contribution in [2.45, 2.75) is 176 Å². The normalized spacial score (nSPS) is 17.9. The number of unbranched alkanes of at least 4 members (excludes halogenated alkanes) is 3. The van der Waals surface area contributed by atoms with Gasteiger partial charge < -0.3 is 40.7 Å². The summed E-state index contributed by atoms with van der Waals surface area (Å²) in [4.78, 5) is 95.1. The average Bonchev–Trinajstić information content (AvgIpc) is 3.96. The summed E-state index contributed by atoms with van der Waals surface area (Å²) in [7, 11) is 1.91. The fourth-order valence-electron chi connectivity index (χ4n) is 7.22. The monoisotopic (exact) mass is 1000 g/mol. The predicted octanol–water partition coefficient (Wildman–Crippen LogP) is 6.70. The highest BCUT2D eigenvalue weighted by Crippen LogP contribution is 2.32. The van der Waals surface area contributed by atoms with Gasteiger partial charge in [-0.05, 0) is 95.6 Å². The van der Waals surface area contributed by atoms with Crippen LogP contribution in [0.2, 0.25) is 0 Å². The maximum Gasteiger partial charge on any atom is 0.358 e. The van der Waals surface area contributed by atoms with Crippen molar-refractivity contribution < 1.29 is 57.8 Å². The van der Waals surface area contributed by atoms with E-state index in [1.54, 1.807) is 19.9 Å². The summed E-state index contributed by atoms with van der Waals surface area (Å²) in [5, 5.41) is 23.4. The number of amides is 7. The molecule has 1 aromatic rings. The fourth-order valence-corrected chi connectivity index (χ4v) is 7.22. The summed E-state index contributed by atoms with van der Waals surface area (Å²) in [6.07, 6.45) is 15.4. The zero-order valence-corrected chi connectivity index (χ0v) is 44.4. The number of nitrogens with one attached hydrogen (secondary N) is 5. The van der Waals surface area contributed by atoms with Crippen molar-refractivity contribution in [1.29, 1.82) is 0 Å². The van der Waals surface area contributed by atoms with Gasteiger partial charge in [-0.3, -0.25) is 38.9 Å². The lowest BCUT2D eigenvalue weighted by Gasteiger charge is -2.28. The molecule has 3 aliphatic rings. The number of benzene rings is 1. The van der Waals surface area contributed by atoms with E-state index in [0.717, 1.165) is 63.5 Å².